The molecule has 5 nitrogen and oxygen atoms in total. The van der Waals surface area contributed by atoms with Gasteiger partial charge in [0, 0.05) is 19.1 Å². The number of hydrogen-bond acceptors (Lipinski definition) is 3. The van der Waals surface area contributed by atoms with E-state index in [0.717, 1.165) is 12.8 Å². The summed E-state index contributed by atoms with van der Waals surface area (Å²) >= 11 is 0. The van der Waals surface area contributed by atoms with Crippen molar-refractivity contribution in [3.8, 4) is 0 Å². The smallest absolute Gasteiger partial charge is 0.279 e. The Labute approximate surface area is 123 Å². The molecule has 1 saturated heterocycles. The summed E-state index contributed by atoms with van der Waals surface area (Å²) < 4.78 is 35.2. The zero-order chi connectivity index (χ0) is 14.9. The van der Waals surface area contributed by atoms with Crippen LogP contribution in [0.25, 0.3) is 0 Å². The molecule has 2 rings (SSSR count). The van der Waals surface area contributed by atoms with Crippen molar-refractivity contribution in [3.63, 3.8) is 0 Å². The van der Waals surface area contributed by atoms with E-state index < -0.39 is 10.2 Å². The van der Waals surface area contributed by atoms with Crippen LogP contribution in [0.1, 0.15) is 47.0 Å². The highest BCUT2D eigenvalue weighted by Gasteiger charge is 2.35. The number of nitrogens with zero attached hydrogens (tertiary/aromatic N) is 1. The fourth-order valence-corrected chi connectivity index (χ4v) is 5.02. The predicted molar refractivity (Wildman–Crippen MR) is 79.6 cm³/mol. The summed E-state index contributed by atoms with van der Waals surface area (Å²) in [7, 11) is -3.40. The van der Waals surface area contributed by atoms with Crippen LogP contribution in [-0.2, 0) is 14.9 Å². The quantitative estimate of drug-likeness (QED) is 0.864. The van der Waals surface area contributed by atoms with Gasteiger partial charge in [0.2, 0.25) is 0 Å². The van der Waals surface area contributed by atoms with Crippen molar-refractivity contribution >= 4 is 10.2 Å². The van der Waals surface area contributed by atoms with E-state index >= 15 is 0 Å². The van der Waals surface area contributed by atoms with E-state index in [1.54, 1.807) is 0 Å². The average Bonchev–Trinajstić information content (AvgIpc) is 2.33. The van der Waals surface area contributed by atoms with E-state index in [1.807, 2.05) is 13.8 Å². The Balaban J connectivity index is 2.03. The van der Waals surface area contributed by atoms with E-state index in [4.69, 9.17) is 4.74 Å². The Morgan fingerprint density at radius 2 is 1.65 bits per heavy atom. The van der Waals surface area contributed by atoms with Crippen LogP contribution in [0, 0.1) is 11.8 Å². The normalized spacial score (nSPS) is 40.7. The predicted octanol–water partition coefficient (Wildman–Crippen LogP) is 1.75. The number of rotatable bonds is 3. The summed E-state index contributed by atoms with van der Waals surface area (Å²) in [6.45, 7) is 9.09. The van der Waals surface area contributed by atoms with Crippen LogP contribution < -0.4 is 4.72 Å². The Kier molecular flexibility index (Phi) is 5.10. The molecule has 1 heterocycles. The molecule has 20 heavy (non-hydrogen) atoms. The molecule has 0 spiro atoms. The van der Waals surface area contributed by atoms with Gasteiger partial charge in [-0.15, -0.1) is 0 Å². The molecule has 0 radical (unpaired) electrons. The summed E-state index contributed by atoms with van der Waals surface area (Å²) in [6.07, 6.45) is 3.16. The van der Waals surface area contributed by atoms with Gasteiger partial charge in [0.25, 0.3) is 10.2 Å². The molecule has 0 unspecified atom stereocenters. The third-order valence-corrected chi connectivity index (χ3v) is 6.31. The van der Waals surface area contributed by atoms with Crippen molar-refractivity contribution in [2.75, 3.05) is 13.1 Å². The molecule has 0 aromatic heterocycles. The summed E-state index contributed by atoms with van der Waals surface area (Å²) in [4.78, 5) is 0. The monoisotopic (exact) mass is 304 g/mol. The van der Waals surface area contributed by atoms with Crippen LogP contribution in [0.5, 0.6) is 0 Å². The van der Waals surface area contributed by atoms with E-state index in [-0.39, 0.29) is 18.2 Å². The lowest BCUT2D eigenvalue weighted by molar-refractivity contribution is -0.0445. The highest BCUT2D eigenvalue weighted by atomic mass is 32.2. The summed E-state index contributed by atoms with van der Waals surface area (Å²) in [5, 5.41) is 0. The summed E-state index contributed by atoms with van der Waals surface area (Å²) in [5.41, 5.74) is 0. The number of morpholine rings is 1. The number of ether oxygens (including phenoxy) is 1. The highest BCUT2D eigenvalue weighted by Crippen LogP contribution is 2.30. The Morgan fingerprint density at radius 3 is 2.25 bits per heavy atom. The third kappa shape index (κ3) is 3.72. The van der Waals surface area contributed by atoms with Crippen molar-refractivity contribution in [3.05, 3.63) is 0 Å². The molecule has 6 heteroatoms. The minimum absolute atomic E-state index is 0.0435. The second-order valence-electron chi connectivity index (χ2n) is 6.57. The zero-order valence-electron chi connectivity index (χ0n) is 13.0. The molecule has 1 aliphatic heterocycles. The summed E-state index contributed by atoms with van der Waals surface area (Å²) in [5.74, 6) is 0.980. The molecule has 0 aromatic rings. The summed E-state index contributed by atoms with van der Waals surface area (Å²) in [6, 6.07) is 0.0669. The fraction of sp³-hybridized carbons (Fsp3) is 1.00. The van der Waals surface area contributed by atoms with Crippen molar-refractivity contribution in [2.45, 2.75) is 65.2 Å². The molecule has 0 amide bonds. The highest BCUT2D eigenvalue weighted by molar-refractivity contribution is 7.87. The van der Waals surface area contributed by atoms with Crippen LogP contribution in [0.4, 0.5) is 0 Å². The Bertz CT molecular complexity index is 416. The van der Waals surface area contributed by atoms with Crippen molar-refractivity contribution in [1.82, 2.24) is 9.03 Å². The topological polar surface area (TPSA) is 58.6 Å². The molecule has 1 N–H and O–H groups in total. The van der Waals surface area contributed by atoms with E-state index in [9.17, 15) is 8.42 Å². The average molecular weight is 304 g/mol. The minimum atomic E-state index is -3.40. The largest absolute Gasteiger partial charge is 0.373 e. The van der Waals surface area contributed by atoms with Crippen LogP contribution in [-0.4, -0.2) is 44.1 Å². The first kappa shape index (κ1) is 16.2. The van der Waals surface area contributed by atoms with Crippen molar-refractivity contribution in [1.29, 1.82) is 0 Å². The zero-order valence-corrected chi connectivity index (χ0v) is 13.8. The molecular formula is C14H28N2O3S. The third-order valence-electron chi connectivity index (χ3n) is 4.73. The van der Waals surface area contributed by atoms with Gasteiger partial charge in [-0.1, -0.05) is 26.7 Å². The second-order valence-corrected chi connectivity index (χ2v) is 8.27. The number of hydrogen-bond donors (Lipinski definition) is 1. The molecule has 2 aliphatic rings. The van der Waals surface area contributed by atoms with Gasteiger partial charge in [-0.3, -0.25) is 0 Å². The Morgan fingerprint density at radius 1 is 1.05 bits per heavy atom. The van der Waals surface area contributed by atoms with Crippen LogP contribution >= 0.6 is 0 Å². The molecule has 0 aromatic carbocycles. The maximum Gasteiger partial charge on any atom is 0.279 e. The van der Waals surface area contributed by atoms with Crippen molar-refractivity contribution in [2.24, 2.45) is 11.8 Å². The lowest BCUT2D eigenvalue weighted by Gasteiger charge is -2.38. The first-order chi connectivity index (χ1) is 9.29. The van der Waals surface area contributed by atoms with Crippen LogP contribution in [0.3, 0.4) is 0 Å². The second kappa shape index (κ2) is 6.30. The van der Waals surface area contributed by atoms with Gasteiger partial charge >= 0.3 is 0 Å². The van der Waals surface area contributed by atoms with Gasteiger partial charge in [0.05, 0.1) is 12.2 Å². The van der Waals surface area contributed by atoms with Gasteiger partial charge in [-0.25, -0.2) is 0 Å². The standard InChI is InChI=1S/C14H28N2O3S/c1-10-6-5-7-14(13(10)4)15-20(17,18)16-8-11(2)19-12(3)9-16/h10-15H,5-9H2,1-4H3/t10-,11-,12+,13-,14+/m0/s1. The molecule has 0 bridgehead atoms. The first-order valence-corrected chi connectivity index (χ1v) is 9.16. The first-order valence-electron chi connectivity index (χ1n) is 7.72. The van der Waals surface area contributed by atoms with Crippen LogP contribution in [0.15, 0.2) is 0 Å². The lowest BCUT2D eigenvalue weighted by atomic mass is 9.78. The number of nitrogens with one attached hydrogen (secondary N) is 1. The van der Waals surface area contributed by atoms with Crippen LogP contribution in [0.2, 0.25) is 0 Å². The van der Waals surface area contributed by atoms with E-state index in [0.29, 0.717) is 24.9 Å². The molecule has 1 aliphatic carbocycles. The van der Waals surface area contributed by atoms with Gasteiger partial charge in [0.15, 0.2) is 0 Å². The maximum atomic E-state index is 12.6. The lowest BCUT2D eigenvalue weighted by Crippen LogP contribution is -2.55. The molecule has 1 saturated carbocycles. The van der Waals surface area contributed by atoms with E-state index in [1.165, 1.54) is 10.7 Å². The maximum absolute atomic E-state index is 12.6. The van der Waals surface area contributed by atoms with Gasteiger partial charge in [-0.05, 0) is 32.1 Å². The fourth-order valence-electron chi connectivity index (χ4n) is 3.34. The Hall–Kier alpha value is -0.170. The SMILES string of the molecule is C[C@H]1[C@@H](C)CCC[C@H]1NS(=O)(=O)N1C[C@@H](C)O[C@@H](C)C1. The minimum Gasteiger partial charge on any atom is -0.373 e. The van der Waals surface area contributed by atoms with E-state index in [2.05, 4.69) is 18.6 Å². The van der Waals surface area contributed by atoms with Crippen molar-refractivity contribution < 1.29 is 13.2 Å². The van der Waals surface area contributed by atoms with Gasteiger partial charge < -0.3 is 4.74 Å². The molecule has 5 atom stereocenters. The molecule has 2 fully saturated rings. The molecule has 118 valence electrons. The molecular weight excluding hydrogens is 276 g/mol. The van der Waals surface area contributed by atoms with Gasteiger partial charge in [-0.2, -0.15) is 17.4 Å². The van der Waals surface area contributed by atoms with Gasteiger partial charge in [0.1, 0.15) is 0 Å².